The highest BCUT2D eigenvalue weighted by molar-refractivity contribution is 6.26. The molecule has 242 valence electrons. The topological polar surface area (TPSA) is 43.9 Å². The van der Waals surface area contributed by atoms with Gasteiger partial charge in [0.05, 0.1) is 27.6 Å². The summed E-state index contributed by atoms with van der Waals surface area (Å²) in [5.41, 5.74) is 11.3. The van der Waals surface area contributed by atoms with Gasteiger partial charge < -0.3 is 4.42 Å². The molecule has 0 aliphatic rings. The van der Waals surface area contributed by atoms with Crippen LogP contribution in [0.3, 0.4) is 0 Å². The number of para-hydroxylation sites is 1. The molecule has 0 saturated heterocycles. The normalized spacial score (nSPS) is 11.8. The third-order valence-corrected chi connectivity index (χ3v) is 10.4. The number of aromatic nitrogens is 3. The zero-order chi connectivity index (χ0) is 34.2. The van der Waals surface area contributed by atoms with E-state index >= 15 is 0 Å². The van der Waals surface area contributed by atoms with E-state index in [1.54, 1.807) is 0 Å². The van der Waals surface area contributed by atoms with E-state index < -0.39 is 0 Å². The Morgan fingerprint density at radius 2 is 0.981 bits per heavy atom. The molecule has 0 radical (unpaired) electrons. The summed E-state index contributed by atoms with van der Waals surface area (Å²) in [6.45, 7) is 0. The lowest BCUT2D eigenvalue weighted by Gasteiger charge is -2.12. The van der Waals surface area contributed by atoms with Crippen molar-refractivity contribution in [1.82, 2.24) is 14.5 Å². The van der Waals surface area contributed by atoms with E-state index in [9.17, 15) is 0 Å². The van der Waals surface area contributed by atoms with Crippen molar-refractivity contribution in [3.8, 4) is 39.5 Å². The van der Waals surface area contributed by atoms with Gasteiger partial charge in [0.1, 0.15) is 11.2 Å². The SMILES string of the molecule is c1ccc(-c2ccc(-c3nc(-n4c5cc(-c6ccccc6)ccc5c5c6oc7c8ccccc8ccc7c6ccc54)nc4ccccc34)cc2)cc1. The minimum absolute atomic E-state index is 0.618. The molecule has 0 spiro atoms. The van der Waals surface area contributed by atoms with E-state index in [1.807, 2.05) is 12.1 Å². The summed E-state index contributed by atoms with van der Waals surface area (Å²) < 4.78 is 9.13. The van der Waals surface area contributed by atoms with Gasteiger partial charge in [0.15, 0.2) is 0 Å². The van der Waals surface area contributed by atoms with E-state index in [0.29, 0.717) is 5.95 Å². The highest BCUT2D eigenvalue weighted by Gasteiger charge is 2.22. The number of nitrogens with zero attached hydrogens (tertiary/aromatic N) is 3. The molecule has 0 unspecified atom stereocenters. The summed E-state index contributed by atoms with van der Waals surface area (Å²) in [6, 6.07) is 61.9. The molecule has 11 aromatic rings. The maximum absolute atomic E-state index is 6.91. The molecule has 52 heavy (non-hydrogen) atoms. The van der Waals surface area contributed by atoms with E-state index in [-0.39, 0.29) is 0 Å². The van der Waals surface area contributed by atoms with Crippen LogP contribution in [-0.4, -0.2) is 14.5 Å². The van der Waals surface area contributed by atoms with Crippen molar-refractivity contribution in [3.63, 3.8) is 0 Å². The average molecular weight is 664 g/mol. The maximum Gasteiger partial charge on any atom is 0.235 e. The zero-order valence-electron chi connectivity index (χ0n) is 28.0. The first-order valence-electron chi connectivity index (χ1n) is 17.6. The van der Waals surface area contributed by atoms with Gasteiger partial charge in [0.25, 0.3) is 0 Å². The minimum Gasteiger partial charge on any atom is -0.455 e. The first-order valence-corrected chi connectivity index (χ1v) is 17.6. The second-order valence-corrected chi connectivity index (χ2v) is 13.4. The summed E-state index contributed by atoms with van der Waals surface area (Å²) in [5, 5.41) is 7.64. The van der Waals surface area contributed by atoms with Crippen molar-refractivity contribution >= 4 is 65.4 Å². The minimum atomic E-state index is 0.618. The molecular weight excluding hydrogens is 635 g/mol. The number of rotatable bonds is 4. The van der Waals surface area contributed by atoms with Crippen molar-refractivity contribution in [1.29, 1.82) is 0 Å². The predicted molar refractivity (Wildman–Crippen MR) is 215 cm³/mol. The molecule has 3 aromatic heterocycles. The van der Waals surface area contributed by atoms with Gasteiger partial charge in [-0.25, -0.2) is 9.97 Å². The first kappa shape index (κ1) is 28.8. The van der Waals surface area contributed by atoms with Crippen molar-refractivity contribution in [2.75, 3.05) is 0 Å². The maximum atomic E-state index is 6.91. The fraction of sp³-hybridized carbons (Fsp3) is 0. The molecule has 4 nitrogen and oxygen atoms in total. The largest absolute Gasteiger partial charge is 0.455 e. The van der Waals surface area contributed by atoms with Crippen LogP contribution in [0.5, 0.6) is 0 Å². The molecule has 4 heteroatoms. The molecule has 0 bridgehead atoms. The Bertz CT molecular complexity index is 3160. The van der Waals surface area contributed by atoms with Crippen molar-refractivity contribution in [2.45, 2.75) is 0 Å². The van der Waals surface area contributed by atoms with Gasteiger partial charge >= 0.3 is 0 Å². The fourth-order valence-corrected chi connectivity index (χ4v) is 7.92. The van der Waals surface area contributed by atoms with Gasteiger partial charge in [-0.1, -0.05) is 146 Å². The van der Waals surface area contributed by atoms with Crippen molar-refractivity contribution in [3.05, 3.63) is 176 Å². The molecule has 0 amide bonds. The molecule has 0 fully saturated rings. The van der Waals surface area contributed by atoms with E-state index in [0.717, 1.165) is 87.8 Å². The lowest BCUT2D eigenvalue weighted by molar-refractivity contribution is 0.676. The van der Waals surface area contributed by atoms with Gasteiger partial charge in [0, 0.05) is 32.5 Å². The molecular formula is C48H29N3O. The molecule has 8 aromatic carbocycles. The van der Waals surface area contributed by atoms with E-state index in [4.69, 9.17) is 14.4 Å². The number of benzene rings is 8. The van der Waals surface area contributed by atoms with Crippen LogP contribution in [0, 0.1) is 0 Å². The van der Waals surface area contributed by atoms with Gasteiger partial charge in [-0.2, -0.15) is 0 Å². The highest BCUT2D eigenvalue weighted by Crippen LogP contribution is 2.43. The van der Waals surface area contributed by atoms with Crippen LogP contribution in [0.1, 0.15) is 0 Å². The van der Waals surface area contributed by atoms with E-state index in [1.165, 1.54) is 11.1 Å². The van der Waals surface area contributed by atoms with Gasteiger partial charge in [0.2, 0.25) is 5.95 Å². The second-order valence-electron chi connectivity index (χ2n) is 13.4. The van der Waals surface area contributed by atoms with Gasteiger partial charge in [-0.15, -0.1) is 0 Å². The average Bonchev–Trinajstić information content (AvgIpc) is 3.77. The monoisotopic (exact) mass is 663 g/mol. The van der Waals surface area contributed by atoms with Crippen LogP contribution in [0.25, 0.3) is 105 Å². The third kappa shape index (κ3) is 4.34. The summed E-state index contributed by atoms with van der Waals surface area (Å²) in [5.74, 6) is 0.618. The second kappa shape index (κ2) is 11.2. The third-order valence-electron chi connectivity index (χ3n) is 10.4. The molecule has 3 heterocycles. The van der Waals surface area contributed by atoms with Crippen LogP contribution >= 0.6 is 0 Å². The quantitative estimate of drug-likeness (QED) is 0.188. The lowest BCUT2D eigenvalue weighted by Crippen LogP contribution is -2.03. The van der Waals surface area contributed by atoms with Gasteiger partial charge in [-0.05, 0) is 58.0 Å². The smallest absolute Gasteiger partial charge is 0.235 e. The van der Waals surface area contributed by atoms with E-state index in [2.05, 4.69) is 168 Å². The Kier molecular flexibility index (Phi) is 6.22. The number of furan rings is 1. The summed E-state index contributed by atoms with van der Waals surface area (Å²) >= 11 is 0. The summed E-state index contributed by atoms with van der Waals surface area (Å²) in [4.78, 5) is 10.7. The predicted octanol–water partition coefficient (Wildman–Crippen LogP) is 12.8. The van der Waals surface area contributed by atoms with Crippen LogP contribution < -0.4 is 0 Å². The summed E-state index contributed by atoms with van der Waals surface area (Å²) in [6.07, 6.45) is 0. The Morgan fingerprint density at radius 1 is 0.385 bits per heavy atom. The Morgan fingerprint density at radius 3 is 1.79 bits per heavy atom. The van der Waals surface area contributed by atoms with Crippen molar-refractivity contribution < 1.29 is 4.42 Å². The molecule has 0 saturated carbocycles. The first-order chi connectivity index (χ1) is 25.8. The Balaban J connectivity index is 1.21. The Labute approximate surface area is 298 Å². The molecule has 0 N–H and O–H groups in total. The number of hydrogen-bond acceptors (Lipinski definition) is 3. The lowest BCUT2D eigenvalue weighted by atomic mass is 10.0. The van der Waals surface area contributed by atoms with Crippen molar-refractivity contribution in [2.24, 2.45) is 0 Å². The zero-order valence-corrected chi connectivity index (χ0v) is 28.0. The van der Waals surface area contributed by atoms with Crippen LogP contribution in [0.2, 0.25) is 0 Å². The fourth-order valence-electron chi connectivity index (χ4n) is 7.92. The van der Waals surface area contributed by atoms with Crippen LogP contribution in [0.4, 0.5) is 0 Å². The standard InChI is InChI=1S/C48H29N3O/c1-3-11-30(12-4-1)32-19-21-34(22-20-32)45-39-17-9-10-18-41(39)49-48(50-45)51-42-28-27-38-37-25-23-33-15-7-8-16-36(33)46(37)52-47(38)44(42)40-26-24-35(29-43(40)51)31-13-5-2-6-14-31/h1-29H. The molecule has 11 rings (SSSR count). The highest BCUT2D eigenvalue weighted by atomic mass is 16.3. The van der Waals surface area contributed by atoms with Crippen LogP contribution in [-0.2, 0) is 0 Å². The molecule has 0 atom stereocenters. The Hall–Kier alpha value is -7.04. The molecule has 0 aliphatic carbocycles. The van der Waals surface area contributed by atoms with Gasteiger partial charge in [-0.3, -0.25) is 4.57 Å². The summed E-state index contributed by atoms with van der Waals surface area (Å²) in [7, 11) is 0. The van der Waals surface area contributed by atoms with Crippen LogP contribution in [0.15, 0.2) is 180 Å². The number of hydrogen-bond donors (Lipinski definition) is 0. The molecule has 0 aliphatic heterocycles. The number of fused-ring (bicyclic) bond motifs is 10.